The highest BCUT2D eigenvalue weighted by atomic mass is 31.1. The molecule has 15 heteroatoms. The fraction of sp³-hybridized carbons (Fsp3) is 0.370. The Kier molecular flexibility index (Phi) is 9.86. The lowest BCUT2D eigenvalue weighted by molar-refractivity contribution is -0.156. The second-order valence-corrected chi connectivity index (χ2v) is 10.6. The van der Waals surface area contributed by atoms with Crippen LogP contribution >= 0.6 is 8.18 Å². The third kappa shape index (κ3) is 7.09. The van der Waals surface area contributed by atoms with Crippen LogP contribution in [-0.2, 0) is 30.0 Å². The van der Waals surface area contributed by atoms with Gasteiger partial charge in [0.2, 0.25) is 0 Å². The van der Waals surface area contributed by atoms with Gasteiger partial charge in [-0.3, -0.25) is 19.1 Å². The molecular weight excluding hydrogens is 576 g/mol. The van der Waals surface area contributed by atoms with Crippen LogP contribution in [-0.4, -0.2) is 63.1 Å². The molecule has 0 radical (unpaired) electrons. The van der Waals surface area contributed by atoms with Gasteiger partial charge in [-0.05, 0) is 48.2 Å². The van der Waals surface area contributed by atoms with Crippen molar-refractivity contribution in [2.24, 2.45) is 0 Å². The number of H-pyrrole nitrogens is 1. The number of benzene rings is 2. The average Bonchev–Trinajstić information content (AvgIpc) is 3.21. The number of halogens is 1. The van der Waals surface area contributed by atoms with Crippen LogP contribution in [0.2, 0.25) is 0 Å². The summed E-state index contributed by atoms with van der Waals surface area (Å²) in [5.41, 5.74) is -3.40. The molecule has 4 rings (SSSR count). The number of aromatic amines is 1. The summed E-state index contributed by atoms with van der Waals surface area (Å²) in [4.78, 5) is 45.0. The minimum atomic E-state index is -2.96. The molecule has 1 aliphatic rings. The fourth-order valence-corrected chi connectivity index (χ4v) is 5.02. The molecule has 0 saturated carbocycles. The van der Waals surface area contributed by atoms with E-state index in [-0.39, 0.29) is 12.4 Å². The number of carbonyl (C=O) groups excluding carboxylic acids is 1. The molecule has 0 spiro atoms. The van der Waals surface area contributed by atoms with Crippen LogP contribution < -0.4 is 20.8 Å². The number of methoxy groups -OCH3 is 1. The van der Waals surface area contributed by atoms with E-state index in [1.165, 1.54) is 26.2 Å². The van der Waals surface area contributed by atoms with E-state index >= 15 is 4.39 Å². The molecule has 6 atom stereocenters. The van der Waals surface area contributed by atoms with Gasteiger partial charge in [-0.2, -0.15) is 0 Å². The highest BCUT2D eigenvalue weighted by Gasteiger charge is 2.56. The van der Waals surface area contributed by atoms with Crippen LogP contribution in [0.1, 0.15) is 25.6 Å². The minimum absolute atomic E-state index is 0.0409. The van der Waals surface area contributed by atoms with E-state index < -0.39 is 62.2 Å². The first-order chi connectivity index (χ1) is 20.0. The number of ether oxygens (including phenoxy) is 3. The van der Waals surface area contributed by atoms with Crippen LogP contribution in [0.25, 0.3) is 0 Å². The smallest absolute Gasteiger partial charge is 0.497 e. The van der Waals surface area contributed by atoms with Gasteiger partial charge >= 0.3 is 19.8 Å². The Morgan fingerprint density at radius 2 is 1.83 bits per heavy atom. The van der Waals surface area contributed by atoms with Crippen molar-refractivity contribution in [2.45, 2.75) is 50.6 Å². The van der Waals surface area contributed by atoms with Crippen molar-refractivity contribution in [2.75, 3.05) is 13.7 Å². The summed E-state index contributed by atoms with van der Waals surface area (Å²) in [6.07, 6.45) is -3.78. The number of aromatic nitrogens is 2. The van der Waals surface area contributed by atoms with Crippen molar-refractivity contribution < 1.29 is 42.4 Å². The second-order valence-electron chi connectivity index (χ2n) is 9.51. The normalized spacial score (nSPS) is 22.9. The van der Waals surface area contributed by atoms with E-state index in [9.17, 15) is 24.1 Å². The van der Waals surface area contributed by atoms with Gasteiger partial charge in [-0.1, -0.05) is 30.3 Å². The molecule has 1 saturated heterocycles. The van der Waals surface area contributed by atoms with Crippen molar-refractivity contribution >= 4 is 14.1 Å². The number of hydrogen-bond donors (Lipinski definition) is 2. The van der Waals surface area contributed by atoms with Crippen molar-refractivity contribution in [3.05, 3.63) is 93.3 Å². The molecule has 224 valence electrons. The van der Waals surface area contributed by atoms with Crippen LogP contribution in [0, 0.1) is 0 Å². The number of rotatable bonds is 12. The number of nitrogens with zero attached hydrogens (tertiary/aromatic N) is 2. The standard InChI is InChI=1S/C27H29FN3O10P/c1-17(24(34)38-15-18-7-5-4-6-8-18)31(41-20-11-9-19(37-3)10-12-20)42(36)39-16-21-23(33)27(2,28)25(40-21)30-14-13-22(32)29-26(30)35/h4-14,17,21,23,25,33H,15-16H2,1-3H3/p+1/t17?,21-,23-,25-,27-/m1/s1. The Balaban J connectivity index is 1.48. The molecule has 2 N–H and O–H groups in total. The summed E-state index contributed by atoms with van der Waals surface area (Å²) in [7, 11) is -1.48. The summed E-state index contributed by atoms with van der Waals surface area (Å²) in [6.45, 7) is 1.76. The predicted molar refractivity (Wildman–Crippen MR) is 145 cm³/mol. The van der Waals surface area contributed by atoms with Gasteiger partial charge in [-0.15, -0.1) is 4.52 Å². The summed E-state index contributed by atoms with van der Waals surface area (Å²) < 4.78 is 51.1. The molecular formula is C27H30FN3O10P+. The van der Waals surface area contributed by atoms with Crippen LogP contribution in [0.4, 0.5) is 4.39 Å². The molecule has 2 unspecified atom stereocenters. The molecule has 13 nitrogen and oxygen atoms in total. The van der Waals surface area contributed by atoms with Crippen molar-refractivity contribution in [1.82, 2.24) is 14.4 Å². The van der Waals surface area contributed by atoms with E-state index in [0.29, 0.717) is 5.75 Å². The molecule has 0 aliphatic carbocycles. The number of aliphatic hydroxyl groups excluding tert-OH is 1. The van der Waals surface area contributed by atoms with Gasteiger partial charge in [-0.25, -0.2) is 9.18 Å². The van der Waals surface area contributed by atoms with Crippen LogP contribution in [0.15, 0.2) is 76.4 Å². The molecule has 1 aliphatic heterocycles. The average molecular weight is 607 g/mol. The Morgan fingerprint density at radius 3 is 2.48 bits per heavy atom. The Bertz CT molecular complexity index is 1500. The largest absolute Gasteiger partial charge is 0.653 e. The van der Waals surface area contributed by atoms with E-state index in [2.05, 4.69) is 0 Å². The summed E-state index contributed by atoms with van der Waals surface area (Å²) in [6, 6.07) is 14.9. The topological polar surface area (TPSA) is 159 Å². The molecule has 3 aromatic rings. The van der Waals surface area contributed by atoms with Gasteiger partial charge in [0.25, 0.3) is 5.56 Å². The number of hydroxylamine groups is 1. The Labute approximate surface area is 240 Å². The van der Waals surface area contributed by atoms with E-state index in [4.69, 9.17) is 23.6 Å². The maximum Gasteiger partial charge on any atom is 0.653 e. The highest BCUT2D eigenvalue weighted by molar-refractivity contribution is 7.36. The van der Waals surface area contributed by atoms with Crippen molar-refractivity contribution in [3.8, 4) is 11.5 Å². The van der Waals surface area contributed by atoms with E-state index in [1.807, 2.05) is 11.1 Å². The van der Waals surface area contributed by atoms with Gasteiger partial charge in [0.1, 0.15) is 36.0 Å². The van der Waals surface area contributed by atoms with Gasteiger partial charge in [0, 0.05) is 12.3 Å². The Hall–Kier alpha value is -3.94. The van der Waals surface area contributed by atoms with E-state index in [0.717, 1.165) is 34.2 Å². The molecule has 42 heavy (non-hydrogen) atoms. The molecule has 0 amide bonds. The number of aliphatic hydroxyl groups is 1. The number of alkyl halides is 1. The summed E-state index contributed by atoms with van der Waals surface area (Å²) >= 11 is 0. The molecule has 1 fully saturated rings. The number of hydrogen-bond acceptors (Lipinski definition) is 10. The van der Waals surface area contributed by atoms with Gasteiger partial charge in [0.05, 0.1) is 7.11 Å². The zero-order valence-electron chi connectivity index (χ0n) is 22.9. The predicted octanol–water partition coefficient (Wildman–Crippen LogP) is 2.63. The Morgan fingerprint density at radius 1 is 1.17 bits per heavy atom. The monoisotopic (exact) mass is 606 g/mol. The molecule has 0 bridgehead atoms. The summed E-state index contributed by atoms with van der Waals surface area (Å²) in [5, 5.41) is 10.6. The number of nitrogens with one attached hydrogen (secondary N) is 1. The van der Waals surface area contributed by atoms with E-state index in [1.54, 1.807) is 36.4 Å². The highest BCUT2D eigenvalue weighted by Crippen LogP contribution is 2.42. The first-order valence-electron chi connectivity index (χ1n) is 12.8. The zero-order valence-corrected chi connectivity index (χ0v) is 23.8. The maximum absolute atomic E-state index is 15.5. The molecule has 2 aromatic carbocycles. The number of esters is 1. The van der Waals surface area contributed by atoms with Gasteiger partial charge in [0.15, 0.2) is 23.7 Å². The summed E-state index contributed by atoms with van der Waals surface area (Å²) in [5.74, 6) is -0.0515. The van der Waals surface area contributed by atoms with Crippen molar-refractivity contribution in [3.63, 3.8) is 0 Å². The fourth-order valence-electron chi connectivity index (χ4n) is 4.09. The SMILES string of the molecule is COc1ccc(ON(C(C)C(=O)OCc2ccccc2)[P+](=O)OC[C@H]2O[C@@H](n3ccc(=O)[nH]c3=O)[C@](C)(F)[C@@H]2O)cc1. The van der Waals surface area contributed by atoms with Crippen LogP contribution in [0.5, 0.6) is 11.5 Å². The lowest BCUT2D eigenvalue weighted by Crippen LogP contribution is -2.43. The first-order valence-corrected chi connectivity index (χ1v) is 13.9. The third-order valence-corrected chi connectivity index (χ3v) is 7.61. The number of carbonyl (C=O) groups is 1. The lowest BCUT2D eigenvalue weighted by atomic mass is 9.98. The minimum Gasteiger partial charge on any atom is -0.497 e. The van der Waals surface area contributed by atoms with Crippen molar-refractivity contribution in [1.29, 1.82) is 0 Å². The second kappa shape index (κ2) is 13.4. The van der Waals surface area contributed by atoms with Gasteiger partial charge < -0.3 is 24.2 Å². The first kappa shape index (κ1) is 31.0. The van der Waals surface area contributed by atoms with Crippen LogP contribution in [0.3, 0.4) is 0 Å². The molecule has 2 heterocycles. The molecule has 1 aromatic heterocycles. The zero-order chi connectivity index (χ0) is 30.4. The lowest BCUT2D eigenvalue weighted by Gasteiger charge is -2.24. The maximum atomic E-state index is 15.5. The third-order valence-electron chi connectivity index (χ3n) is 6.49. The quantitative estimate of drug-likeness (QED) is 0.177.